The largest absolute Gasteiger partial charge is 0.336 e. The SMILES string of the molecule is CSc1nc2ncnc(Nc3cnn(CC(C)C)c3)c2s1. The second-order valence-electron chi connectivity index (χ2n) is 5.03. The van der Waals surface area contributed by atoms with Gasteiger partial charge in [-0.3, -0.25) is 4.68 Å². The van der Waals surface area contributed by atoms with Crippen LogP contribution in [0.2, 0.25) is 0 Å². The normalized spacial score (nSPS) is 11.4. The second-order valence-corrected chi connectivity index (χ2v) is 7.08. The van der Waals surface area contributed by atoms with E-state index in [4.69, 9.17) is 0 Å². The van der Waals surface area contributed by atoms with Gasteiger partial charge < -0.3 is 5.32 Å². The van der Waals surface area contributed by atoms with Crippen LogP contribution in [0.5, 0.6) is 0 Å². The van der Waals surface area contributed by atoms with Gasteiger partial charge in [-0.1, -0.05) is 25.6 Å². The molecule has 3 rings (SSSR count). The van der Waals surface area contributed by atoms with Gasteiger partial charge in [0.1, 0.15) is 11.0 Å². The lowest BCUT2D eigenvalue weighted by atomic mass is 10.2. The fraction of sp³-hybridized carbons (Fsp3) is 0.385. The van der Waals surface area contributed by atoms with Gasteiger partial charge in [0.05, 0.1) is 11.9 Å². The highest BCUT2D eigenvalue weighted by atomic mass is 32.2. The van der Waals surface area contributed by atoms with E-state index in [1.54, 1.807) is 23.1 Å². The van der Waals surface area contributed by atoms with Crippen LogP contribution in [0.4, 0.5) is 11.5 Å². The average Bonchev–Trinajstić information content (AvgIpc) is 3.05. The molecule has 8 heteroatoms. The molecule has 1 N–H and O–H groups in total. The number of thioether (sulfide) groups is 1. The van der Waals surface area contributed by atoms with Crippen LogP contribution in [0.3, 0.4) is 0 Å². The summed E-state index contributed by atoms with van der Waals surface area (Å²) in [5, 5.41) is 7.65. The number of anilines is 2. The Labute approximate surface area is 131 Å². The van der Waals surface area contributed by atoms with E-state index >= 15 is 0 Å². The van der Waals surface area contributed by atoms with Crippen LogP contribution < -0.4 is 5.32 Å². The molecule has 0 amide bonds. The van der Waals surface area contributed by atoms with Crippen molar-refractivity contribution in [3.63, 3.8) is 0 Å². The minimum Gasteiger partial charge on any atom is -0.336 e. The van der Waals surface area contributed by atoms with E-state index in [2.05, 4.69) is 39.2 Å². The van der Waals surface area contributed by atoms with Crippen molar-refractivity contribution in [2.45, 2.75) is 24.7 Å². The third-order valence-electron chi connectivity index (χ3n) is 2.79. The van der Waals surface area contributed by atoms with Crippen molar-refractivity contribution in [3.8, 4) is 0 Å². The third-order valence-corrected chi connectivity index (χ3v) is 4.83. The lowest BCUT2D eigenvalue weighted by Gasteiger charge is -2.04. The zero-order valence-electron chi connectivity index (χ0n) is 12.1. The number of hydrogen-bond acceptors (Lipinski definition) is 7. The van der Waals surface area contributed by atoms with Crippen LogP contribution in [0, 0.1) is 5.92 Å². The summed E-state index contributed by atoms with van der Waals surface area (Å²) in [6.07, 6.45) is 7.35. The summed E-state index contributed by atoms with van der Waals surface area (Å²) < 4.78 is 3.90. The topological polar surface area (TPSA) is 68.5 Å². The van der Waals surface area contributed by atoms with Crippen LogP contribution in [0.15, 0.2) is 23.1 Å². The van der Waals surface area contributed by atoms with Crippen LogP contribution >= 0.6 is 23.1 Å². The van der Waals surface area contributed by atoms with E-state index < -0.39 is 0 Å². The first-order chi connectivity index (χ1) is 10.2. The van der Waals surface area contributed by atoms with Crippen molar-refractivity contribution in [2.75, 3.05) is 11.6 Å². The summed E-state index contributed by atoms with van der Waals surface area (Å²) in [6, 6.07) is 0. The molecular weight excluding hydrogens is 304 g/mol. The van der Waals surface area contributed by atoms with Gasteiger partial charge in [0.25, 0.3) is 0 Å². The summed E-state index contributed by atoms with van der Waals surface area (Å²) in [4.78, 5) is 13.0. The van der Waals surface area contributed by atoms with Gasteiger partial charge >= 0.3 is 0 Å². The van der Waals surface area contributed by atoms with Crippen LogP contribution in [-0.2, 0) is 6.54 Å². The third kappa shape index (κ3) is 3.16. The van der Waals surface area contributed by atoms with Crippen molar-refractivity contribution < 1.29 is 0 Å². The van der Waals surface area contributed by atoms with Gasteiger partial charge in [-0.15, -0.1) is 11.3 Å². The van der Waals surface area contributed by atoms with E-state index in [0.717, 1.165) is 32.7 Å². The van der Waals surface area contributed by atoms with Crippen LogP contribution in [0.25, 0.3) is 10.3 Å². The van der Waals surface area contributed by atoms with Crippen LogP contribution in [-0.4, -0.2) is 31.0 Å². The van der Waals surface area contributed by atoms with Gasteiger partial charge in [0.15, 0.2) is 15.8 Å². The molecule has 0 spiro atoms. The molecule has 0 bridgehead atoms. The molecule has 0 aliphatic carbocycles. The number of fused-ring (bicyclic) bond motifs is 1. The molecular formula is C13H16N6S2. The van der Waals surface area contributed by atoms with Crippen LogP contribution in [0.1, 0.15) is 13.8 Å². The molecule has 0 saturated carbocycles. The molecule has 0 atom stereocenters. The molecule has 3 aromatic heterocycles. The van der Waals surface area contributed by atoms with E-state index in [0.29, 0.717) is 5.92 Å². The number of hydrogen-bond donors (Lipinski definition) is 1. The first-order valence-corrected chi connectivity index (χ1v) is 8.65. The lowest BCUT2D eigenvalue weighted by molar-refractivity contribution is 0.483. The zero-order chi connectivity index (χ0) is 14.8. The number of aromatic nitrogens is 5. The van der Waals surface area contributed by atoms with Gasteiger partial charge in [0.2, 0.25) is 0 Å². The zero-order valence-corrected chi connectivity index (χ0v) is 13.7. The number of rotatable bonds is 5. The summed E-state index contributed by atoms with van der Waals surface area (Å²) in [6.45, 7) is 5.24. The highest BCUT2D eigenvalue weighted by Crippen LogP contribution is 2.32. The standard InChI is InChI=1S/C13H16N6S2/c1-8(2)5-19-6-9(4-16-19)17-11-10-12(15-7-14-11)18-13(20-3)21-10/h4,6-8H,5H2,1-3H3,(H,14,15,17). The highest BCUT2D eigenvalue weighted by molar-refractivity contribution is 8.00. The summed E-state index contributed by atoms with van der Waals surface area (Å²) in [5.41, 5.74) is 1.66. The highest BCUT2D eigenvalue weighted by Gasteiger charge is 2.11. The van der Waals surface area contributed by atoms with Gasteiger partial charge in [-0.25, -0.2) is 15.0 Å². The maximum absolute atomic E-state index is 4.45. The van der Waals surface area contributed by atoms with Crippen molar-refractivity contribution in [2.24, 2.45) is 5.92 Å². The minimum atomic E-state index is 0.564. The molecule has 0 aliphatic heterocycles. The molecule has 0 fully saturated rings. The number of nitrogens with zero attached hydrogens (tertiary/aromatic N) is 5. The summed E-state index contributed by atoms with van der Waals surface area (Å²) in [7, 11) is 0. The first-order valence-electron chi connectivity index (χ1n) is 6.60. The fourth-order valence-corrected chi connectivity index (χ4v) is 3.41. The predicted molar refractivity (Wildman–Crippen MR) is 87.3 cm³/mol. The smallest absolute Gasteiger partial charge is 0.176 e. The minimum absolute atomic E-state index is 0.564. The average molecular weight is 320 g/mol. The molecule has 21 heavy (non-hydrogen) atoms. The monoisotopic (exact) mass is 320 g/mol. The van der Waals surface area contributed by atoms with Crippen molar-refractivity contribution >= 4 is 45.0 Å². The summed E-state index contributed by atoms with van der Waals surface area (Å²) in [5.74, 6) is 1.34. The second kappa shape index (κ2) is 5.98. The maximum atomic E-state index is 4.45. The van der Waals surface area contributed by atoms with Crippen molar-refractivity contribution in [1.82, 2.24) is 24.7 Å². The first kappa shape index (κ1) is 14.3. The van der Waals surface area contributed by atoms with E-state index in [1.165, 1.54) is 6.33 Å². The Hall–Kier alpha value is -1.67. The van der Waals surface area contributed by atoms with Crippen molar-refractivity contribution in [3.05, 3.63) is 18.7 Å². The molecule has 0 aliphatic rings. The fourth-order valence-electron chi connectivity index (χ4n) is 1.95. The quantitative estimate of drug-likeness (QED) is 0.727. The van der Waals surface area contributed by atoms with E-state index in [-0.39, 0.29) is 0 Å². The molecule has 0 radical (unpaired) electrons. The van der Waals surface area contributed by atoms with Gasteiger partial charge in [0, 0.05) is 12.7 Å². The van der Waals surface area contributed by atoms with E-state index in [1.807, 2.05) is 23.3 Å². The molecule has 110 valence electrons. The lowest BCUT2D eigenvalue weighted by Crippen LogP contribution is -2.04. The molecule has 6 nitrogen and oxygen atoms in total. The molecule has 0 unspecified atom stereocenters. The Kier molecular flexibility index (Phi) is 4.07. The predicted octanol–water partition coefficient (Wildman–Crippen LogP) is 3.40. The Balaban J connectivity index is 1.87. The van der Waals surface area contributed by atoms with Gasteiger partial charge in [-0.05, 0) is 12.2 Å². The molecule has 0 saturated heterocycles. The van der Waals surface area contributed by atoms with E-state index in [9.17, 15) is 0 Å². The Morgan fingerprint density at radius 2 is 2.24 bits per heavy atom. The number of thiazole rings is 1. The van der Waals surface area contributed by atoms with Gasteiger partial charge in [-0.2, -0.15) is 5.10 Å². The Bertz CT molecular complexity index is 748. The molecule has 0 aromatic carbocycles. The summed E-state index contributed by atoms with van der Waals surface area (Å²) >= 11 is 3.21. The Morgan fingerprint density at radius 1 is 1.38 bits per heavy atom. The molecule has 3 heterocycles. The maximum Gasteiger partial charge on any atom is 0.176 e. The number of nitrogens with one attached hydrogen (secondary N) is 1. The molecule has 3 aromatic rings. The Morgan fingerprint density at radius 3 is 3.00 bits per heavy atom. The van der Waals surface area contributed by atoms with Crippen molar-refractivity contribution in [1.29, 1.82) is 0 Å².